The average molecular weight is 453 g/mol. The van der Waals surface area contributed by atoms with Gasteiger partial charge in [-0.15, -0.1) is 0 Å². The van der Waals surface area contributed by atoms with Gasteiger partial charge in [0.15, 0.2) is 0 Å². The molecule has 142 valence electrons. The first kappa shape index (κ1) is 21.7. The van der Waals surface area contributed by atoms with E-state index in [2.05, 4.69) is 0 Å². The van der Waals surface area contributed by atoms with E-state index < -0.39 is 10.0 Å². The van der Waals surface area contributed by atoms with E-state index >= 15 is 0 Å². The molecule has 2 aromatic rings. The lowest BCUT2D eigenvalue weighted by Gasteiger charge is -2.31. The van der Waals surface area contributed by atoms with Gasteiger partial charge in [0.1, 0.15) is 0 Å². The highest BCUT2D eigenvalue weighted by Crippen LogP contribution is 2.35. The summed E-state index contributed by atoms with van der Waals surface area (Å²) < 4.78 is 28.1. The predicted molar refractivity (Wildman–Crippen MR) is 115 cm³/mol. The van der Waals surface area contributed by atoms with Gasteiger partial charge in [0.05, 0.1) is 15.6 Å². The molecule has 26 heavy (non-hydrogen) atoms. The zero-order chi connectivity index (χ0) is 19.3. The van der Waals surface area contributed by atoms with E-state index in [1.54, 1.807) is 42.1 Å². The molecule has 0 fully saturated rings. The molecule has 0 amide bonds. The number of nitrogens with zero attached hydrogens (tertiary/aromatic N) is 1. The Kier molecular flexibility index (Phi) is 7.98. The summed E-state index contributed by atoms with van der Waals surface area (Å²) >= 11 is 20.1. The molecular weight excluding hydrogens is 433 g/mol. The standard InChI is InChI=1S/C18H20Cl3NO2S2/c1-13(4-3-11-25-2)22(18-12-15(20)7-10-17(18)21)26(23,24)16-8-5-14(19)6-9-16/h5-10,12-13H,3-4,11H2,1-2H3/t13-/m1/s1. The maximum Gasteiger partial charge on any atom is 0.264 e. The lowest BCUT2D eigenvalue weighted by molar-refractivity contribution is 0.570. The van der Waals surface area contributed by atoms with Crippen LogP contribution in [0.3, 0.4) is 0 Å². The summed E-state index contributed by atoms with van der Waals surface area (Å²) in [6.07, 6.45) is 3.63. The molecule has 1 atom stereocenters. The second-order valence-electron chi connectivity index (χ2n) is 5.83. The molecular formula is C18H20Cl3NO2S2. The van der Waals surface area contributed by atoms with Gasteiger partial charge in [-0.25, -0.2) is 8.42 Å². The third-order valence-corrected chi connectivity index (χ3v) is 7.33. The SMILES string of the molecule is CSCCC[C@@H](C)N(c1cc(Cl)ccc1Cl)S(=O)(=O)c1ccc(Cl)cc1. The molecule has 0 saturated carbocycles. The minimum Gasteiger partial charge on any atom is -0.262 e. The van der Waals surface area contributed by atoms with E-state index in [1.807, 2.05) is 13.2 Å². The van der Waals surface area contributed by atoms with Crippen molar-refractivity contribution in [2.24, 2.45) is 0 Å². The van der Waals surface area contributed by atoms with Crippen molar-refractivity contribution in [1.82, 2.24) is 0 Å². The van der Waals surface area contributed by atoms with Gasteiger partial charge in [-0.3, -0.25) is 4.31 Å². The number of halogens is 3. The summed E-state index contributed by atoms with van der Waals surface area (Å²) in [5.41, 5.74) is 0.380. The van der Waals surface area contributed by atoms with E-state index in [-0.39, 0.29) is 10.9 Å². The number of anilines is 1. The number of benzene rings is 2. The maximum absolute atomic E-state index is 13.4. The lowest BCUT2D eigenvalue weighted by atomic mass is 10.2. The quantitative estimate of drug-likeness (QED) is 0.436. The fourth-order valence-corrected chi connectivity index (χ4v) is 5.32. The first-order valence-electron chi connectivity index (χ1n) is 8.01. The second kappa shape index (κ2) is 9.56. The van der Waals surface area contributed by atoms with Gasteiger partial charge in [-0.1, -0.05) is 34.8 Å². The molecule has 8 heteroatoms. The van der Waals surface area contributed by atoms with Crippen LogP contribution in [-0.4, -0.2) is 26.5 Å². The summed E-state index contributed by atoms with van der Waals surface area (Å²) in [6, 6.07) is 10.7. The molecule has 0 aliphatic heterocycles. The topological polar surface area (TPSA) is 37.4 Å². The normalized spacial score (nSPS) is 12.8. The molecule has 0 aliphatic rings. The minimum atomic E-state index is -3.82. The van der Waals surface area contributed by atoms with E-state index in [1.165, 1.54) is 16.4 Å². The number of thioether (sulfide) groups is 1. The predicted octanol–water partition coefficient (Wildman–Crippen LogP) is 6.37. The molecule has 0 bridgehead atoms. The van der Waals surface area contributed by atoms with Crippen LogP contribution in [0, 0.1) is 0 Å². The van der Waals surface area contributed by atoms with Crippen molar-refractivity contribution in [3.05, 3.63) is 57.5 Å². The van der Waals surface area contributed by atoms with Crippen LogP contribution in [0.15, 0.2) is 47.4 Å². The minimum absolute atomic E-state index is 0.162. The summed E-state index contributed by atoms with van der Waals surface area (Å²) in [5, 5.41) is 1.24. The van der Waals surface area contributed by atoms with Crippen LogP contribution < -0.4 is 4.31 Å². The second-order valence-corrected chi connectivity index (χ2v) is 9.92. The third kappa shape index (κ3) is 5.23. The van der Waals surface area contributed by atoms with Crippen LogP contribution in [0.25, 0.3) is 0 Å². The molecule has 3 nitrogen and oxygen atoms in total. The van der Waals surface area contributed by atoms with E-state index in [9.17, 15) is 8.42 Å². The summed E-state index contributed by atoms with van der Waals surface area (Å²) in [6.45, 7) is 1.88. The highest BCUT2D eigenvalue weighted by Gasteiger charge is 2.31. The largest absolute Gasteiger partial charge is 0.264 e. The molecule has 2 rings (SSSR count). The van der Waals surface area contributed by atoms with Gasteiger partial charge < -0.3 is 0 Å². The zero-order valence-corrected chi connectivity index (χ0v) is 18.4. The van der Waals surface area contributed by atoms with Crippen molar-refractivity contribution in [2.45, 2.75) is 30.7 Å². The maximum atomic E-state index is 13.4. The Morgan fingerprint density at radius 2 is 1.65 bits per heavy atom. The Morgan fingerprint density at radius 3 is 2.27 bits per heavy atom. The first-order chi connectivity index (χ1) is 12.3. The van der Waals surface area contributed by atoms with Crippen LogP contribution in [0.5, 0.6) is 0 Å². The van der Waals surface area contributed by atoms with Crippen molar-refractivity contribution in [3.8, 4) is 0 Å². The van der Waals surface area contributed by atoms with Gasteiger partial charge in [0, 0.05) is 16.1 Å². The van der Waals surface area contributed by atoms with Gasteiger partial charge in [-0.2, -0.15) is 11.8 Å². The van der Waals surface area contributed by atoms with Crippen LogP contribution in [-0.2, 0) is 10.0 Å². The fraction of sp³-hybridized carbons (Fsp3) is 0.333. The third-order valence-electron chi connectivity index (χ3n) is 3.89. The Bertz CT molecular complexity index is 842. The molecule has 0 aliphatic carbocycles. The number of rotatable bonds is 8. The van der Waals surface area contributed by atoms with Gasteiger partial charge in [0.25, 0.3) is 10.0 Å². The van der Waals surface area contributed by atoms with Crippen molar-refractivity contribution < 1.29 is 8.42 Å². The number of hydrogen-bond donors (Lipinski definition) is 0. The highest BCUT2D eigenvalue weighted by molar-refractivity contribution is 7.98. The molecule has 0 N–H and O–H groups in total. The van der Waals surface area contributed by atoms with Crippen LogP contribution in [0.1, 0.15) is 19.8 Å². The number of hydrogen-bond acceptors (Lipinski definition) is 3. The van der Waals surface area contributed by atoms with Crippen molar-refractivity contribution >= 4 is 62.3 Å². The number of sulfonamides is 1. The average Bonchev–Trinajstić information content (AvgIpc) is 2.58. The van der Waals surface area contributed by atoms with E-state index in [0.29, 0.717) is 27.2 Å². The summed E-state index contributed by atoms with van der Waals surface area (Å²) in [7, 11) is -3.82. The Labute approximate surface area is 174 Å². The monoisotopic (exact) mass is 451 g/mol. The van der Waals surface area contributed by atoms with E-state index in [0.717, 1.165) is 12.2 Å². The van der Waals surface area contributed by atoms with Gasteiger partial charge in [-0.05, 0) is 74.2 Å². The molecule has 0 heterocycles. The molecule has 0 spiro atoms. The van der Waals surface area contributed by atoms with Crippen LogP contribution >= 0.6 is 46.6 Å². The van der Waals surface area contributed by atoms with Crippen molar-refractivity contribution in [2.75, 3.05) is 16.3 Å². The molecule has 0 radical (unpaired) electrons. The van der Waals surface area contributed by atoms with Crippen LogP contribution in [0.2, 0.25) is 15.1 Å². The zero-order valence-electron chi connectivity index (χ0n) is 14.5. The van der Waals surface area contributed by atoms with Crippen molar-refractivity contribution in [3.63, 3.8) is 0 Å². The van der Waals surface area contributed by atoms with E-state index in [4.69, 9.17) is 34.8 Å². The Morgan fingerprint density at radius 1 is 1.04 bits per heavy atom. The van der Waals surface area contributed by atoms with Crippen molar-refractivity contribution in [1.29, 1.82) is 0 Å². The highest BCUT2D eigenvalue weighted by atomic mass is 35.5. The molecule has 0 aromatic heterocycles. The van der Waals surface area contributed by atoms with Gasteiger partial charge in [0.2, 0.25) is 0 Å². The van der Waals surface area contributed by atoms with Crippen LogP contribution in [0.4, 0.5) is 5.69 Å². The first-order valence-corrected chi connectivity index (χ1v) is 12.0. The molecule has 0 saturated heterocycles. The Balaban J connectivity index is 2.52. The fourth-order valence-electron chi connectivity index (χ4n) is 2.62. The van der Waals surface area contributed by atoms with Gasteiger partial charge >= 0.3 is 0 Å². The lowest BCUT2D eigenvalue weighted by Crippen LogP contribution is -2.39. The summed E-state index contributed by atoms with van der Waals surface area (Å²) in [4.78, 5) is 0.162. The Hall–Kier alpha value is -0.590. The molecule has 2 aromatic carbocycles. The molecule has 0 unspecified atom stereocenters. The summed E-state index contributed by atoms with van der Waals surface area (Å²) in [5.74, 6) is 0.961. The smallest absolute Gasteiger partial charge is 0.262 e.